The number of amides is 2. The molecule has 9 heteroatoms. The molecular weight excluding hydrogens is 420 g/mol. The van der Waals surface area contributed by atoms with Gasteiger partial charge in [-0.3, -0.25) is 25.2 Å². The van der Waals surface area contributed by atoms with Gasteiger partial charge in [-0.25, -0.2) is 0 Å². The van der Waals surface area contributed by atoms with Gasteiger partial charge in [0.05, 0.1) is 19.3 Å². The summed E-state index contributed by atoms with van der Waals surface area (Å²) in [6.07, 6.45) is -0.845. The number of rotatable bonds is 9. The number of carbonyl (C=O) groups is 3. The highest BCUT2D eigenvalue weighted by molar-refractivity contribution is 8.00. The fraction of sp³-hybridized carbons (Fsp3) is 0.318. The van der Waals surface area contributed by atoms with Crippen LogP contribution in [0.25, 0.3) is 0 Å². The van der Waals surface area contributed by atoms with E-state index in [-0.39, 0.29) is 0 Å². The zero-order valence-electron chi connectivity index (χ0n) is 17.8. The summed E-state index contributed by atoms with van der Waals surface area (Å²) in [4.78, 5) is 37.1. The van der Waals surface area contributed by atoms with Gasteiger partial charge >= 0.3 is 5.97 Å². The molecule has 0 fully saturated rings. The Morgan fingerprint density at radius 3 is 2.26 bits per heavy atom. The standard InChI is InChI=1S/C22H26N2O6S/c1-5-29-16-10-12-17(13-11-16)30-14(2)20(25)23-24-21(26)18-8-6-7-9-19(18)31-15(3)22(27)28-4/h6-15H,5H2,1-4H3,(H,23,25)(H,24,26). The molecule has 0 spiro atoms. The molecule has 31 heavy (non-hydrogen) atoms. The molecule has 2 amide bonds. The second-order valence-corrected chi connectivity index (χ2v) is 7.77. The molecule has 2 rings (SSSR count). The molecular formula is C22H26N2O6S. The number of hydrazine groups is 1. The van der Waals surface area contributed by atoms with Crippen molar-refractivity contribution in [1.82, 2.24) is 10.9 Å². The van der Waals surface area contributed by atoms with Crippen LogP contribution < -0.4 is 20.3 Å². The largest absolute Gasteiger partial charge is 0.494 e. The van der Waals surface area contributed by atoms with Crippen LogP contribution in [0, 0.1) is 0 Å². The fourth-order valence-corrected chi connectivity index (χ4v) is 3.51. The molecule has 0 aromatic heterocycles. The topological polar surface area (TPSA) is 103 Å². The maximum Gasteiger partial charge on any atom is 0.318 e. The second kappa shape index (κ2) is 11.8. The predicted molar refractivity (Wildman–Crippen MR) is 117 cm³/mol. The number of hydrogen-bond acceptors (Lipinski definition) is 7. The van der Waals surface area contributed by atoms with Crippen LogP contribution in [0.5, 0.6) is 11.5 Å². The normalized spacial score (nSPS) is 12.3. The van der Waals surface area contributed by atoms with Crippen LogP contribution in [0.15, 0.2) is 53.4 Å². The highest BCUT2D eigenvalue weighted by Crippen LogP contribution is 2.27. The molecule has 2 aromatic carbocycles. The first-order valence-corrected chi connectivity index (χ1v) is 10.6. The minimum Gasteiger partial charge on any atom is -0.494 e. The number of carbonyl (C=O) groups excluding carboxylic acids is 3. The average Bonchev–Trinajstić information content (AvgIpc) is 2.78. The number of benzene rings is 2. The summed E-state index contributed by atoms with van der Waals surface area (Å²) in [7, 11) is 1.31. The number of thioether (sulfide) groups is 1. The van der Waals surface area contributed by atoms with Crippen LogP contribution in [-0.2, 0) is 14.3 Å². The first-order chi connectivity index (χ1) is 14.8. The summed E-state index contributed by atoms with van der Waals surface area (Å²) in [5.41, 5.74) is 5.06. The number of hydrogen-bond donors (Lipinski definition) is 2. The van der Waals surface area contributed by atoms with Gasteiger partial charge < -0.3 is 14.2 Å². The third kappa shape index (κ3) is 7.21. The van der Waals surface area contributed by atoms with Gasteiger partial charge in [0, 0.05) is 4.90 Å². The van der Waals surface area contributed by atoms with E-state index < -0.39 is 29.1 Å². The lowest BCUT2D eigenvalue weighted by Crippen LogP contribution is -2.47. The van der Waals surface area contributed by atoms with Crippen molar-refractivity contribution < 1.29 is 28.6 Å². The lowest BCUT2D eigenvalue weighted by Gasteiger charge is -2.16. The van der Waals surface area contributed by atoms with Crippen molar-refractivity contribution in [3.8, 4) is 11.5 Å². The van der Waals surface area contributed by atoms with Crippen molar-refractivity contribution in [2.75, 3.05) is 13.7 Å². The summed E-state index contributed by atoms with van der Waals surface area (Å²) < 4.78 is 15.7. The first kappa shape index (κ1) is 24.1. The van der Waals surface area contributed by atoms with Gasteiger partial charge in [-0.1, -0.05) is 12.1 Å². The SMILES string of the molecule is CCOc1ccc(OC(C)C(=O)NNC(=O)c2ccccc2SC(C)C(=O)OC)cc1. The van der Waals surface area contributed by atoms with Crippen LogP contribution in [0.2, 0.25) is 0 Å². The molecule has 2 aromatic rings. The van der Waals surface area contributed by atoms with Crippen molar-refractivity contribution in [2.24, 2.45) is 0 Å². The predicted octanol–water partition coefficient (Wildman–Crippen LogP) is 2.97. The molecule has 2 atom stereocenters. The van der Waals surface area contributed by atoms with E-state index in [1.165, 1.54) is 18.9 Å². The zero-order valence-corrected chi connectivity index (χ0v) is 18.7. The lowest BCUT2D eigenvalue weighted by atomic mass is 10.2. The Balaban J connectivity index is 1.93. The van der Waals surface area contributed by atoms with Gasteiger partial charge in [0.15, 0.2) is 6.10 Å². The Morgan fingerprint density at radius 2 is 1.61 bits per heavy atom. The molecule has 0 aliphatic rings. The quantitative estimate of drug-likeness (QED) is 0.347. The fourth-order valence-electron chi connectivity index (χ4n) is 2.49. The number of ether oxygens (including phenoxy) is 3. The highest BCUT2D eigenvalue weighted by Gasteiger charge is 2.20. The van der Waals surface area contributed by atoms with Crippen molar-refractivity contribution in [3.05, 3.63) is 54.1 Å². The van der Waals surface area contributed by atoms with Crippen LogP contribution in [0.3, 0.4) is 0 Å². The third-order valence-corrected chi connectivity index (χ3v) is 5.24. The highest BCUT2D eigenvalue weighted by atomic mass is 32.2. The van der Waals surface area contributed by atoms with E-state index in [1.807, 2.05) is 6.92 Å². The average molecular weight is 447 g/mol. The number of nitrogens with one attached hydrogen (secondary N) is 2. The van der Waals surface area contributed by atoms with E-state index >= 15 is 0 Å². The van der Waals surface area contributed by atoms with Crippen LogP contribution in [0.4, 0.5) is 0 Å². The van der Waals surface area contributed by atoms with E-state index in [9.17, 15) is 14.4 Å². The van der Waals surface area contributed by atoms with E-state index in [2.05, 4.69) is 10.9 Å². The molecule has 0 bridgehead atoms. The van der Waals surface area contributed by atoms with E-state index in [0.29, 0.717) is 28.6 Å². The van der Waals surface area contributed by atoms with Crippen molar-refractivity contribution >= 4 is 29.5 Å². The third-order valence-electron chi connectivity index (χ3n) is 4.08. The number of methoxy groups -OCH3 is 1. The van der Waals surface area contributed by atoms with Gasteiger partial charge in [0.25, 0.3) is 11.8 Å². The summed E-state index contributed by atoms with van der Waals surface area (Å²) >= 11 is 1.20. The maximum atomic E-state index is 12.6. The smallest absolute Gasteiger partial charge is 0.318 e. The Morgan fingerprint density at radius 1 is 0.968 bits per heavy atom. The molecule has 0 saturated heterocycles. The van der Waals surface area contributed by atoms with E-state index in [4.69, 9.17) is 14.2 Å². The van der Waals surface area contributed by atoms with Crippen LogP contribution in [0.1, 0.15) is 31.1 Å². The van der Waals surface area contributed by atoms with Crippen LogP contribution in [-0.4, -0.2) is 42.9 Å². The molecule has 8 nitrogen and oxygen atoms in total. The molecule has 0 radical (unpaired) electrons. The van der Waals surface area contributed by atoms with Crippen molar-refractivity contribution in [3.63, 3.8) is 0 Å². The molecule has 0 heterocycles. The van der Waals surface area contributed by atoms with Gasteiger partial charge in [-0.2, -0.15) is 0 Å². The van der Waals surface area contributed by atoms with E-state index in [0.717, 1.165) is 0 Å². The summed E-state index contributed by atoms with van der Waals surface area (Å²) in [6, 6.07) is 13.7. The van der Waals surface area contributed by atoms with Gasteiger partial charge in [-0.05, 0) is 57.2 Å². The Bertz CT molecular complexity index is 903. The zero-order chi connectivity index (χ0) is 22.8. The van der Waals surface area contributed by atoms with Gasteiger partial charge in [-0.15, -0.1) is 11.8 Å². The lowest BCUT2D eigenvalue weighted by molar-refractivity contribution is -0.139. The minimum atomic E-state index is -0.845. The van der Waals surface area contributed by atoms with E-state index in [1.54, 1.807) is 62.4 Å². The molecule has 166 valence electrons. The van der Waals surface area contributed by atoms with Crippen LogP contribution >= 0.6 is 11.8 Å². The Hall–Kier alpha value is -3.20. The second-order valence-electron chi connectivity index (χ2n) is 6.39. The molecule has 2 unspecified atom stereocenters. The number of esters is 1. The molecule has 0 saturated carbocycles. The Kier molecular flexibility index (Phi) is 9.20. The summed E-state index contributed by atoms with van der Waals surface area (Å²) in [5.74, 6) is -0.223. The molecule has 0 aliphatic carbocycles. The monoisotopic (exact) mass is 446 g/mol. The minimum absolute atomic E-state index is 0.323. The first-order valence-electron chi connectivity index (χ1n) is 9.69. The summed E-state index contributed by atoms with van der Waals surface area (Å²) in [5, 5.41) is -0.490. The van der Waals surface area contributed by atoms with Crippen molar-refractivity contribution in [1.29, 1.82) is 0 Å². The van der Waals surface area contributed by atoms with Crippen molar-refractivity contribution in [2.45, 2.75) is 37.0 Å². The molecule has 2 N–H and O–H groups in total. The molecule has 0 aliphatic heterocycles. The van der Waals surface area contributed by atoms with Gasteiger partial charge in [0.2, 0.25) is 0 Å². The maximum absolute atomic E-state index is 12.6. The van der Waals surface area contributed by atoms with Gasteiger partial charge in [0.1, 0.15) is 16.7 Å². The Labute approximate surface area is 185 Å². The summed E-state index contributed by atoms with van der Waals surface area (Å²) in [6.45, 7) is 5.70.